The molecule has 0 aliphatic heterocycles. The summed E-state index contributed by atoms with van der Waals surface area (Å²) >= 11 is 0. The number of rotatable bonds is 6. The maximum Gasteiger partial charge on any atom is 0.0165 e. The van der Waals surface area contributed by atoms with Crippen LogP contribution in [0.1, 0.15) is 49.9 Å². The zero-order valence-corrected chi connectivity index (χ0v) is 55.3. The average molecular weight is 1250 g/mol. The van der Waals surface area contributed by atoms with Gasteiger partial charge >= 0.3 is 0 Å². The van der Waals surface area contributed by atoms with Gasteiger partial charge in [-0.3, -0.25) is 0 Å². The van der Waals surface area contributed by atoms with Crippen molar-refractivity contribution in [3.05, 3.63) is 362 Å². The lowest BCUT2D eigenvalue weighted by Crippen LogP contribution is -2.15. The van der Waals surface area contributed by atoms with Gasteiger partial charge in [-0.25, -0.2) is 0 Å². The zero-order chi connectivity index (χ0) is 65.4. The van der Waals surface area contributed by atoms with Crippen molar-refractivity contribution in [3.8, 4) is 89.0 Å². The van der Waals surface area contributed by atoms with Crippen molar-refractivity contribution >= 4 is 86.2 Å². The molecule has 0 nitrogen and oxygen atoms in total. The van der Waals surface area contributed by atoms with Gasteiger partial charge in [-0.05, 0) is 210 Å². The van der Waals surface area contributed by atoms with Crippen molar-refractivity contribution in [2.45, 2.75) is 38.5 Å². The second-order valence-electron chi connectivity index (χ2n) is 28.1. The molecule has 0 radical (unpaired) electrons. The van der Waals surface area contributed by atoms with Gasteiger partial charge in [-0.15, -0.1) is 0 Å². The van der Waals surface area contributed by atoms with Crippen molar-refractivity contribution < 1.29 is 0 Å². The van der Waals surface area contributed by atoms with E-state index in [0.29, 0.717) is 0 Å². The Morgan fingerprint density at radius 3 is 0.888 bits per heavy atom. The highest BCUT2D eigenvalue weighted by Crippen LogP contribution is 2.55. The molecule has 460 valence electrons. The van der Waals surface area contributed by atoms with Gasteiger partial charge in [0.05, 0.1) is 0 Å². The molecule has 2 aliphatic rings. The number of hydrogen-bond acceptors (Lipinski definition) is 0. The van der Waals surface area contributed by atoms with Crippen LogP contribution in [0.5, 0.6) is 0 Å². The Hall–Kier alpha value is -12.0. The van der Waals surface area contributed by atoms with Crippen molar-refractivity contribution in [2.75, 3.05) is 0 Å². The summed E-state index contributed by atoms with van der Waals surface area (Å²) in [6.07, 6.45) is 0. The Labute approximate surface area is 572 Å². The molecule has 18 aromatic carbocycles. The first-order valence-electron chi connectivity index (χ1n) is 34.5. The molecule has 2 aliphatic carbocycles. The Morgan fingerprint density at radius 2 is 0.469 bits per heavy atom. The topological polar surface area (TPSA) is 0 Å². The Bertz CT molecular complexity index is 6200. The highest BCUT2D eigenvalue weighted by Gasteiger charge is 2.38. The molecular formula is C98H68. The monoisotopic (exact) mass is 1240 g/mol. The van der Waals surface area contributed by atoms with E-state index in [1.165, 1.54) is 197 Å². The Morgan fingerprint density at radius 1 is 0.163 bits per heavy atom. The van der Waals surface area contributed by atoms with E-state index in [4.69, 9.17) is 0 Å². The van der Waals surface area contributed by atoms with Gasteiger partial charge in [-0.1, -0.05) is 355 Å². The number of fused-ring (bicyclic) bond motifs is 17. The van der Waals surface area contributed by atoms with Gasteiger partial charge < -0.3 is 0 Å². The van der Waals surface area contributed by atoms with Gasteiger partial charge in [0.1, 0.15) is 0 Å². The fourth-order valence-corrected chi connectivity index (χ4v) is 17.6. The summed E-state index contributed by atoms with van der Waals surface area (Å²) in [5.41, 5.74) is 26.2. The van der Waals surface area contributed by atoms with Crippen LogP contribution in [0.25, 0.3) is 175 Å². The molecular weight excluding hydrogens is 1180 g/mol. The minimum absolute atomic E-state index is 0.0397. The fourth-order valence-electron chi connectivity index (χ4n) is 17.6. The summed E-state index contributed by atoms with van der Waals surface area (Å²) in [6, 6.07) is 126. The van der Waals surface area contributed by atoms with Crippen LogP contribution in [0.3, 0.4) is 0 Å². The van der Waals surface area contributed by atoms with Crippen molar-refractivity contribution in [1.29, 1.82) is 0 Å². The summed E-state index contributed by atoms with van der Waals surface area (Å²) in [4.78, 5) is 0. The van der Waals surface area contributed by atoms with E-state index in [2.05, 4.69) is 367 Å². The second-order valence-corrected chi connectivity index (χ2v) is 28.1. The SMILES string of the molecule is CC1(C)c2ccc(-c3ccc(-c4c5ccccc5c(-c5cccc6c5ccc5ccccc56)c5ccccc45)cc3)cc2-c2ccc3ccccc3c21.CC1(C)c2ccc(-c3ccc(-c4c5ccccc5c(-c5ccccc5)c5ccccc45)cc3)cc2-c2ccc3ccccc3c21. The lowest BCUT2D eigenvalue weighted by Gasteiger charge is -2.23. The fraction of sp³-hybridized carbons (Fsp3) is 0.0612. The number of benzene rings is 18. The van der Waals surface area contributed by atoms with Crippen molar-refractivity contribution in [3.63, 3.8) is 0 Å². The van der Waals surface area contributed by atoms with Gasteiger partial charge in [0.15, 0.2) is 0 Å². The van der Waals surface area contributed by atoms with Gasteiger partial charge in [-0.2, -0.15) is 0 Å². The average Bonchev–Trinajstić information content (AvgIpc) is 1.30. The van der Waals surface area contributed by atoms with Crippen LogP contribution in [0.4, 0.5) is 0 Å². The lowest BCUT2D eigenvalue weighted by molar-refractivity contribution is 0.666. The molecule has 0 N–H and O–H groups in total. The third kappa shape index (κ3) is 8.84. The van der Waals surface area contributed by atoms with Gasteiger partial charge in [0, 0.05) is 10.8 Å². The Balaban J connectivity index is 0.000000139. The minimum atomic E-state index is -0.0536. The molecule has 20 rings (SSSR count). The summed E-state index contributed by atoms with van der Waals surface area (Å²) < 4.78 is 0. The summed E-state index contributed by atoms with van der Waals surface area (Å²) in [7, 11) is 0. The third-order valence-corrected chi connectivity index (χ3v) is 22.1. The van der Waals surface area contributed by atoms with E-state index < -0.39 is 0 Å². The van der Waals surface area contributed by atoms with Crippen LogP contribution < -0.4 is 0 Å². The van der Waals surface area contributed by atoms with Crippen LogP contribution in [-0.2, 0) is 10.8 Å². The molecule has 0 saturated carbocycles. The highest BCUT2D eigenvalue weighted by molar-refractivity contribution is 6.25. The molecule has 0 heteroatoms. The summed E-state index contributed by atoms with van der Waals surface area (Å²) in [5.74, 6) is 0. The molecule has 0 amide bonds. The molecule has 0 unspecified atom stereocenters. The predicted molar refractivity (Wildman–Crippen MR) is 421 cm³/mol. The van der Waals surface area contributed by atoms with Crippen LogP contribution in [0.2, 0.25) is 0 Å². The van der Waals surface area contributed by atoms with E-state index in [1.807, 2.05) is 0 Å². The van der Waals surface area contributed by atoms with E-state index in [0.717, 1.165) is 0 Å². The molecule has 0 fully saturated rings. The van der Waals surface area contributed by atoms with E-state index in [1.54, 1.807) is 0 Å². The van der Waals surface area contributed by atoms with Crippen LogP contribution in [-0.4, -0.2) is 0 Å². The molecule has 0 aromatic heterocycles. The van der Waals surface area contributed by atoms with E-state index in [-0.39, 0.29) is 10.8 Å². The standard InChI is InChI=1S/C53H36.C45H32/c1-53(2)49-31-28-37(32-48(49)47-30-27-35-13-4-6-15-39(35)52(47)53)33-22-24-36(25-23-33)50-43-16-7-9-18-45(43)51(46-19-10-8-17-44(46)50)42-21-11-20-40-38-14-5-3-12-34(38)26-29-41(40)42;1-45(2)41-27-25-33(28-40(41)39-26-24-30-12-6-7-15-34(30)44(39)45)29-20-22-32(23-21-29)43-37-18-10-8-16-35(37)42(31-13-4-3-5-14-31)36-17-9-11-19-38(36)43/h3-32H,1-2H3;3-28H,1-2H3. The lowest BCUT2D eigenvalue weighted by atomic mass is 9.80. The molecule has 0 bridgehead atoms. The zero-order valence-electron chi connectivity index (χ0n) is 55.3. The van der Waals surface area contributed by atoms with Crippen LogP contribution in [0, 0.1) is 0 Å². The molecule has 0 heterocycles. The maximum absolute atomic E-state index is 2.42. The first-order valence-corrected chi connectivity index (χ1v) is 34.5. The van der Waals surface area contributed by atoms with Crippen molar-refractivity contribution in [1.82, 2.24) is 0 Å². The predicted octanol–water partition coefficient (Wildman–Crippen LogP) is 27.2. The smallest absolute Gasteiger partial charge is 0.0165 e. The minimum Gasteiger partial charge on any atom is -0.0622 e. The van der Waals surface area contributed by atoms with Gasteiger partial charge in [0.2, 0.25) is 0 Å². The normalized spacial score (nSPS) is 13.3. The van der Waals surface area contributed by atoms with E-state index in [9.17, 15) is 0 Å². The molecule has 0 atom stereocenters. The van der Waals surface area contributed by atoms with Crippen LogP contribution >= 0.6 is 0 Å². The molecule has 18 aromatic rings. The van der Waals surface area contributed by atoms with E-state index >= 15 is 0 Å². The second kappa shape index (κ2) is 22.3. The highest BCUT2D eigenvalue weighted by atomic mass is 14.4. The number of hydrogen-bond donors (Lipinski definition) is 0. The molecule has 98 heavy (non-hydrogen) atoms. The summed E-state index contributed by atoms with van der Waals surface area (Å²) in [5, 5.41) is 20.7. The largest absolute Gasteiger partial charge is 0.0622 e. The molecule has 0 spiro atoms. The maximum atomic E-state index is 2.42. The van der Waals surface area contributed by atoms with Crippen molar-refractivity contribution in [2.24, 2.45) is 0 Å². The third-order valence-electron chi connectivity index (χ3n) is 22.1. The van der Waals surface area contributed by atoms with Crippen LogP contribution in [0.15, 0.2) is 340 Å². The Kier molecular flexibility index (Phi) is 13.1. The summed E-state index contributed by atoms with van der Waals surface area (Å²) in [6.45, 7) is 9.49. The quantitative estimate of drug-likeness (QED) is 0.115. The molecule has 0 saturated heterocycles. The van der Waals surface area contributed by atoms with Gasteiger partial charge in [0.25, 0.3) is 0 Å². The first kappa shape index (κ1) is 57.5. The first-order chi connectivity index (χ1) is 48.2.